The molecule has 0 amide bonds. The molecule has 0 saturated heterocycles. The monoisotopic (exact) mass is 485 g/mol. The van der Waals surface area contributed by atoms with Crippen LogP contribution >= 0.6 is 24.0 Å². The second-order valence-corrected chi connectivity index (χ2v) is 6.83. The lowest BCUT2D eigenvalue weighted by atomic mass is 10.2. The Morgan fingerprint density at radius 2 is 2.11 bits per heavy atom. The fourth-order valence-corrected chi connectivity index (χ4v) is 3.00. The van der Waals surface area contributed by atoms with Gasteiger partial charge in [-0.1, -0.05) is 19.9 Å². The van der Waals surface area contributed by atoms with Gasteiger partial charge in [0.15, 0.2) is 17.5 Å². The fraction of sp³-hybridized carbons (Fsp3) is 0.474. The number of aromatic nitrogens is 2. The fourth-order valence-electron chi connectivity index (χ4n) is 3.00. The number of imidazole rings is 1. The first kappa shape index (κ1) is 21.3. The molecule has 1 aliphatic rings. The van der Waals surface area contributed by atoms with Crippen molar-refractivity contribution in [2.45, 2.75) is 33.5 Å². The summed E-state index contributed by atoms with van der Waals surface area (Å²) in [6.45, 7) is 7.02. The van der Waals surface area contributed by atoms with E-state index in [1.54, 1.807) is 7.05 Å². The van der Waals surface area contributed by atoms with Gasteiger partial charge >= 0.3 is 0 Å². The zero-order chi connectivity index (χ0) is 18.5. The molecule has 1 N–H and O–H groups in total. The Labute approximate surface area is 177 Å². The summed E-state index contributed by atoms with van der Waals surface area (Å²) in [5.41, 5.74) is 1.14. The van der Waals surface area contributed by atoms with Crippen LogP contribution in [-0.4, -0.2) is 41.3 Å². The number of nitrogens with one attached hydrogen (secondary N) is 1. The van der Waals surface area contributed by atoms with Gasteiger partial charge in [-0.05, 0) is 23.6 Å². The van der Waals surface area contributed by atoms with Gasteiger partial charge in [0.25, 0.3) is 0 Å². The summed E-state index contributed by atoms with van der Waals surface area (Å²) in [5.74, 6) is 4.01. The molecule has 0 unspecified atom stereocenters. The highest BCUT2D eigenvalue weighted by Crippen LogP contribution is 2.32. The van der Waals surface area contributed by atoms with Gasteiger partial charge in [0.05, 0.1) is 6.54 Å². The SMILES string of the molecule is CN=C(NCc1nccn1CC(C)C)N(C)Cc1ccc2c(c1)OCO2.I. The minimum absolute atomic E-state index is 0. The smallest absolute Gasteiger partial charge is 0.231 e. The van der Waals surface area contributed by atoms with E-state index in [1.807, 2.05) is 37.6 Å². The summed E-state index contributed by atoms with van der Waals surface area (Å²) in [4.78, 5) is 10.9. The highest BCUT2D eigenvalue weighted by atomic mass is 127. The summed E-state index contributed by atoms with van der Waals surface area (Å²) in [6.07, 6.45) is 3.87. The number of aliphatic imine (C=N–C) groups is 1. The van der Waals surface area contributed by atoms with Crippen LogP contribution in [0.3, 0.4) is 0 Å². The van der Waals surface area contributed by atoms with E-state index in [4.69, 9.17) is 9.47 Å². The molecule has 0 spiro atoms. The van der Waals surface area contributed by atoms with E-state index in [2.05, 4.69) is 38.6 Å². The Kier molecular flexibility index (Phi) is 7.76. The molecule has 1 aromatic heterocycles. The topological polar surface area (TPSA) is 63.9 Å². The van der Waals surface area contributed by atoms with Crippen molar-refractivity contribution >= 4 is 29.9 Å². The van der Waals surface area contributed by atoms with Crippen molar-refractivity contribution in [1.29, 1.82) is 0 Å². The predicted molar refractivity (Wildman–Crippen MR) is 117 cm³/mol. The Morgan fingerprint density at radius 3 is 2.85 bits per heavy atom. The Morgan fingerprint density at radius 1 is 1.33 bits per heavy atom. The lowest BCUT2D eigenvalue weighted by Crippen LogP contribution is -2.38. The third-order valence-corrected chi connectivity index (χ3v) is 4.20. The molecule has 0 saturated carbocycles. The Balaban J connectivity index is 0.00000261. The summed E-state index contributed by atoms with van der Waals surface area (Å²) < 4.78 is 13.0. The van der Waals surface area contributed by atoms with E-state index in [0.29, 0.717) is 19.3 Å². The number of ether oxygens (including phenoxy) is 2. The van der Waals surface area contributed by atoms with Crippen molar-refractivity contribution in [3.05, 3.63) is 42.0 Å². The van der Waals surface area contributed by atoms with Crippen LogP contribution in [-0.2, 0) is 19.6 Å². The molecular weight excluding hydrogens is 457 g/mol. The van der Waals surface area contributed by atoms with Gasteiger partial charge in [-0.2, -0.15) is 0 Å². The standard InChI is InChI=1S/C19H27N5O2.HI/c1-14(2)11-24-8-7-21-18(24)10-22-19(20-3)23(4)12-15-5-6-16-17(9-15)26-13-25-16;/h5-9,14H,10-13H2,1-4H3,(H,20,22);1H. The number of hydrogen-bond acceptors (Lipinski definition) is 4. The van der Waals surface area contributed by atoms with Gasteiger partial charge in [-0.25, -0.2) is 4.98 Å². The molecular formula is C19H28IN5O2. The zero-order valence-corrected chi connectivity index (χ0v) is 18.6. The van der Waals surface area contributed by atoms with Crippen LogP contribution < -0.4 is 14.8 Å². The molecule has 0 aliphatic carbocycles. The van der Waals surface area contributed by atoms with E-state index in [1.165, 1.54) is 0 Å². The second kappa shape index (κ2) is 9.82. The van der Waals surface area contributed by atoms with E-state index in [0.717, 1.165) is 41.9 Å². The third kappa shape index (κ3) is 5.50. The molecule has 1 aliphatic heterocycles. The van der Waals surface area contributed by atoms with Crippen molar-refractivity contribution < 1.29 is 9.47 Å². The molecule has 8 heteroatoms. The van der Waals surface area contributed by atoms with Crippen molar-refractivity contribution in [1.82, 2.24) is 19.8 Å². The van der Waals surface area contributed by atoms with Crippen LogP contribution in [0.4, 0.5) is 0 Å². The van der Waals surface area contributed by atoms with Gasteiger partial charge in [0, 0.05) is 39.6 Å². The van der Waals surface area contributed by atoms with Gasteiger partial charge in [-0.3, -0.25) is 4.99 Å². The summed E-state index contributed by atoms with van der Waals surface area (Å²) >= 11 is 0. The summed E-state index contributed by atoms with van der Waals surface area (Å²) in [6, 6.07) is 6.01. The van der Waals surface area contributed by atoms with Crippen molar-refractivity contribution in [3.63, 3.8) is 0 Å². The first-order valence-electron chi connectivity index (χ1n) is 8.87. The van der Waals surface area contributed by atoms with Gasteiger partial charge in [-0.15, -0.1) is 24.0 Å². The second-order valence-electron chi connectivity index (χ2n) is 6.83. The van der Waals surface area contributed by atoms with E-state index in [-0.39, 0.29) is 24.0 Å². The van der Waals surface area contributed by atoms with Crippen LogP contribution in [0.15, 0.2) is 35.6 Å². The van der Waals surface area contributed by atoms with Gasteiger partial charge in [0.2, 0.25) is 6.79 Å². The number of rotatable bonds is 6. The minimum atomic E-state index is 0. The Hall–Kier alpha value is -1.97. The lowest BCUT2D eigenvalue weighted by Gasteiger charge is -2.22. The van der Waals surface area contributed by atoms with Crippen molar-refractivity contribution in [3.8, 4) is 11.5 Å². The predicted octanol–water partition coefficient (Wildman–Crippen LogP) is 3.09. The maximum Gasteiger partial charge on any atom is 0.231 e. The van der Waals surface area contributed by atoms with Crippen LogP contribution in [0.5, 0.6) is 11.5 Å². The number of fused-ring (bicyclic) bond motifs is 1. The lowest BCUT2D eigenvalue weighted by molar-refractivity contribution is 0.174. The van der Waals surface area contributed by atoms with E-state index >= 15 is 0 Å². The maximum atomic E-state index is 5.45. The molecule has 27 heavy (non-hydrogen) atoms. The quantitative estimate of drug-likeness (QED) is 0.387. The number of hydrogen-bond donors (Lipinski definition) is 1. The van der Waals surface area contributed by atoms with Crippen molar-refractivity contribution in [2.24, 2.45) is 10.9 Å². The largest absolute Gasteiger partial charge is 0.454 e. The van der Waals surface area contributed by atoms with E-state index < -0.39 is 0 Å². The molecule has 7 nitrogen and oxygen atoms in total. The van der Waals surface area contributed by atoms with E-state index in [9.17, 15) is 0 Å². The molecule has 0 atom stereocenters. The van der Waals surface area contributed by atoms with Crippen LogP contribution in [0.1, 0.15) is 25.2 Å². The normalized spacial score (nSPS) is 12.9. The molecule has 0 fully saturated rings. The third-order valence-electron chi connectivity index (χ3n) is 4.20. The molecule has 2 heterocycles. The first-order chi connectivity index (χ1) is 12.6. The average Bonchev–Trinajstić information content (AvgIpc) is 3.23. The van der Waals surface area contributed by atoms with Gasteiger partial charge in [0.1, 0.15) is 5.82 Å². The molecule has 1 aromatic carbocycles. The number of guanidine groups is 1. The molecule has 0 radical (unpaired) electrons. The minimum Gasteiger partial charge on any atom is -0.454 e. The summed E-state index contributed by atoms with van der Waals surface area (Å²) in [7, 11) is 3.81. The maximum absolute atomic E-state index is 5.45. The molecule has 3 rings (SSSR count). The highest BCUT2D eigenvalue weighted by molar-refractivity contribution is 14.0. The molecule has 2 aromatic rings. The van der Waals surface area contributed by atoms with Gasteiger partial charge < -0.3 is 24.3 Å². The average molecular weight is 485 g/mol. The zero-order valence-electron chi connectivity index (χ0n) is 16.3. The first-order valence-corrected chi connectivity index (χ1v) is 8.87. The number of halogens is 1. The Bertz CT molecular complexity index is 775. The highest BCUT2D eigenvalue weighted by Gasteiger charge is 2.15. The number of benzene rings is 1. The molecule has 148 valence electrons. The van der Waals surface area contributed by atoms with Crippen molar-refractivity contribution in [2.75, 3.05) is 20.9 Å². The number of nitrogens with zero attached hydrogens (tertiary/aromatic N) is 4. The van der Waals surface area contributed by atoms with Crippen LogP contribution in [0.25, 0.3) is 0 Å². The summed E-state index contributed by atoms with van der Waals surface area (Å²) in [5, 5.41) is 3.39. The molecule has 0 bridgehead atoms. The van der Waals surface area contributed by atoms with Crippen LogP contribution in [0.2, 0.25) is 0 Å². The van der Waals surface area contributed by atoms with Crippen LogP contribution in [0, 0.1) is 5.92 Å².